The van der Waals surface area contributed by atoms with Crippen molar-refractivity contribution in [1.82, 2.24) is 0 Å². The molecule has 0 fully saturated rings. The van der Waals surface area contributed by atoms with E-state index in [1.54, 1.807) is 12.1 Å². The third kappa shape index (κ3) is 6.58. The molecule has 1 N–H and O–H groups in total. The second-order valence-corrected chi connectivity index (χ2v) is 6.75. The van der Waals surface area contributed by atoms with Crippen molar-refractivity contribution in [2.24, 2.45) is 0 Å². The van der Waals surface area contributed by atoms with Gasteiger partial charge in [0.1, 0.15) is 5.82 Å². The number of ether oxygens (including phenoxy) is 1. The van der Waals surface area contributed by atoms with Gasteiger partial charge in [-0.2, -0.15) is 0 Å². The van der Waals surface area contributed by atoms with E-state index < -0.39 is 5.97 Å². The summed E-state index contributed by atoms with van der Waals surface area (Å²) in [5.41, 5.74) is 2.77. The molecule has 25 heavy (non-hydrogen) atoms. The summed E-state index contributed by atoms with van der Waals surface area (Å²) in [5.74, 6) is -0.598. The fourth-order valence-electron chi connectivity index (χ4n) is 2.14. The summed E-state index contributed by atoms with van der Waals surface area (Å²) in [6.07, 6.45) is 0.179. The molecule has 0 aromatic heterocycles. The zero-order valence-corrected chi connectivity index (χ0v) is 15.0. The molecule has 0 aliphatic heterocycles. The van der Waals surface area contributed by atoms with Crippen LogP contribution in [0, 0.1) is 19.7 Å². The average molecular weight is 361 g/mol. The molecule has 0 atom stereocenters. The van der Waals surface area contributed by atoms with Crippen LogP contribution in [0.3, 0.4) is 0 Å². The van der Waals surface area contributed by atoms with Gasteiger partial charge in [-0.1, -0.05) is 17.7 Å². The standard InChI is InChI=1S/C19H20FNO3S/c1-13-3-8-17(14(2)11-13)21-18(22)12-24-19(23)9-10-25-16-6-4-15(20)5-7-16/h3-8,11H,9-10,12H2,1-2H3,(H,21,22). The molecule has 0 aliphatic carbocycles. The summed E-state index contributed by atoms with van der Waals surface area (Å²) in [4.78, 5) is 24.4. The van der Waals surface area contributed by atoms with Gasteiger partial charge in [-0.25, -0.2) is 4.39 Å². The molecule has 0 unspecified atom stereocenters. The lowest BCUT2D eigenvalue weighted by Crippen LogP contribution is -2.21. The molecule has 0 heterocycles. The van der Waals surface area contributed by atoms with Gasteiger partial charge in [0.05, 0.1) is 6.42 Å². The minimum absolute atomic E-state index is 0.179. The summed E-state index contributed by atoms with van der Waals surface area (Å²) in [6.45, 7) is 3.57. The van der Waals surface area contributed by atoms with Crippen LogP contribution in [0.1, 0.15) is 17.5 Å². The molecular formula is C19H20FNO3S. The van der Waals surface area contributed by atoms with Crippen LogP contribution in [0.4, 0.5) is 10.1 Å². The first kappa shape index (κ1) is 19.0. The number of amides is 1. The zero-order chi connectivity index (χ0) is 18.2. The summed E-state index contributed by atoms with van der Waals surface area (Å²) in [6, 6.07) is 11.8. The predicted molar refractivity (Wildman–Crippen MR) is 97.2 cm³/mol. The zero-order valence-electron chi connectivity index (χ0n) is 14.2. The highest BCUT2D eigenvalue weighted by atomic mass is 32.2. The molecule has 4 nitrogen and oxygen atoms in total. The lowest BCUT2D eigenvalue weighted by molar-refractivity contribution is -0.146. The number of hydrogen-bond donors (Lipinski definition) is 1. The number of hydrogen-bond acceptors (Lipinski definition) is 4. The largest absolute Gasteiger partial charge is 0.456 e. The highest BCUT2D eigenvalue weighted by molar-refractivity contribution is 7.99. The number of halogens is 1. The second kappa shape index (κ2) is 9.22. The van der Waals surface area contributed by atoms with E-state index in [1.807, 2.05) is 32.0 Å². The van der Waals surface area contributed by atoms with Crippen molar-refractivity contribution in [1.29, 1.82) is 0 Å². The smallest absolute Gasteiger partial charge is 0.307 e. The predicted octanol–water partition coefficient (Wildman–Crippen LogP) is 4.11. The van der Waals surface area contributed by atoms with Gasteiger partial charge in [-0.3, -0.25) is 9.59 Å². The first-order valence-electron chi connectivity index (χ1n) is 7.85. The second-order valence-electron chi connectivity index (χ2n) is 5.58. The fraction of sp³-hybridized carbons (Fsp3) is 0.263. The summed E-state index contributed by atoms with van der Waals surface area (Å²) in [5, 5.41) is 2.72. The Morgan fingerprint density at radius 3 is 2.52 bits per heavy atom. The van der Waals surface area contributed by atoms with E-state index in [9.17, 15) is 14.0 Å². The van der Waals surface area contributed by atoms with Crippen LogP contribution in [0.5, 0.6) is 0 Å². The van der Waals surface area contributed by atoms with Crippen LogP contribution >= 0.6 is 11.8 Å². The Balaban J connectivity index is 1.68. The number of aryl methyl sites for hydroxylation is 2. The van der Waals surface area contributed by atoms with Crippen molar-refractivity contribution in [2.75, 3.05) is 17.7 Å². The minimum atomic E-state index is -0.439. The van der Waals surface area contributed by atoms with Gasteiger partial charge in [-0.05, 0) is 49.7 Å². The average Bonchev–Trinajstić information content (AvgIpc) is 2.57. The number of benzene rings is 2. The van der Waals surface area contributed by atoms with E-state index >= 15 is 0 Å². The Hall–Kier alpha value is -2.34. The number of thioether (sulfide) groups is 1. The highest BCUT2D eigenvalue weighted by Gasteiger charge is 2.09. The normalized spacial score (nSPS) is 10.4. The van der Waals surface area contributed by atoms with E-state index in [4.69, 9.17) is 4.74 Å². The quantitative estimate of drug-likeness (QED) is 0.596. The van der Waals surface area contributed by atoms with Gasteiger partial charge in [0.15, 0.2) is 6.61 Å². The van der Waals surface area contributed by atoms with Gasteiger partial charge >= 0.3 is 5.97 Å². The fourth-order valence-corrected chi connectivity index (χ4v) is 2.97. The Labute approximate surface area is 150 Å². The van der Waals surface area contributed by atoms with Crippen LogP contribution in [-0.4, -0.2) is 24.2 Å². The molecule has 0 saturated heterocycles. The van der Waals surface area contributed by atoms with E-state index in [-0.39, 0.29) is 24.8 Å². The van der Waals surface area contributed by atoms with Gasteiger partial charge in [-0.15, -0.1) is 11.8 Å². The molecule has 0 saturated carbocycles. The van der Waals surface area contributed by atoms with E-state index in [0.717, 1.165) is 16.0 Å². The monoisotopic (exact) mass is 361 g/mol. The molecule has 1 amide bonds. The summed E-state index contributed by atoms with van der Waals surface area (Å²) < 4.78 is 17.8. The lowest BCUT2D eigenvalue weighted by Gasteiger charge is -2.09. The number of nitrogens with one attached hydrogen (secondary N) is 1. The van der Waals surface area contributed by atoms with Crippen LogP contribution in [0.2, 0.25) is 0 Å². The van der Waals surface area contributed by atoms with Gasteiger partial charge in [0.2, 0.25) is 0 Å². The van der Waals surface area contributed by atoms with Crippen LogP contribution in [-0.2, 0) is 14.3 Å². The minimum Gasteiger partial charge on any atom is -0.456 e. The van der Waals surface area contributed by atoms with Crippen LogP contribution in [0.15, 0.2) is 47.4 Å². The van der Waals surface area contributed by atoms with Crippen molar-refractivity contribution in [3.63, 3.8) is 0 Å². The van der Waals surface area contributed by atoms with Crippen LogP contribution in [0.25, 0.3) is 0 Å². The maximum absolute atomic E-state index is 12.8. The number of esters is 1. The van der Waals surface area contributed by atoms with Crippen molar-refractivity contribution in [3.8, 4) is 0 Å². The topological polar surface area (TPSA) is 55.4 Å². The molecule has 0 spiro atoms. The van der Waals surface area contributed by atoms with E-state index in [0.29, 0.717) is 11.4 Å². The third-order valence-electron chi connectivity index (χ3n) is 3.41. The number of carbonyl (C=O) groups is 2. The Morgan fingerprint density at radius 1 is 1.12 bits per heavy atom. The Kier molecular flexibility index (Phi) is 7.01. The number of rotatable bonds is 7. The van der Waals surface area contributed by atoms with Crippen LogP contribution < -0.4 is 5.32 Å². The molecular weight excluding hydrogens is 341 g/mol. The first-order chi connectivity index (χ1) is 11.9. The Bertz CT molecular complexity index is 747. The van der Waals surface area contributed by atoms with Gasteiger partial charge in [0, 0.05) is 16.3 Å². The maximum atomic E-state index is 12.8. The van der Waals surface area contributed by atoms with Crippen molar-refractivity contribution >= 4 is 29.3 Å². The SMILES string of the molecule is Cc1ccc(NC(=O)COC(=O)CCSc2ccc(F)cc2)c(C)c1. The van der Waals surface area contributed by atoms with Gasteiger partial charge in [0.25, 0.3) is 5.91 Å². The highest BCUT2D eigenvalue weighted by Crippen LogP contribution is 2.19. The molecule has 2 aromatic rings. The molecule has 0 bridgehead atoms. The molecule has 6 heteroatoms. The molecule has 0 aliphatic rings. The third-order valence-corrected chi connectivity index (χ3v) is 4.42. The maximum Gasteiger partial charge on any atom is 0.307 e. The lowest BCUT2D eigenvalue weighted by atomic mass is 10.1. The number of carbonyl (C=O) groups excluding carboxylic acids is 2. The number of anilines is 1. The molecule has 132 valence electrons. The molecule has 2 aromatic carbocycles. The molecule has 2 rings (SSSR count). The summed E-state index contributed by atoms with van der Waals surface area (Å²) >= 11 is 1.43. The summed E-state index contributed by atoms with van der Waals surface area (Å²) in [7, 11) is 0. The van der Waals surface area contributed by atoms with E-state index in [1.165, 1.54) is 23.9 Å². The van der Waals surface area contributed by atoms with Gasteiger partial charge < -0.3 is 10.1 Å². The van der Waals surface area contributed by atoms with Crippen molar-refractivity contribution in [2.45, 2.75) is 25.2 Å². The molecule has 0 radical (unpaired) electrons. The van der Waals surface area contributed by atoms with E-state index in [2.05, 4.69) is 5.32 Å². The van der Waals surface area contributed by atoms with Crippen molar-refractivity contribution < 1.29 is 18.7 Å². The van der Waals surface area contributed by atoms with Crippen molar-refractivity contribution in [3.05, 3.63) is 59.4 Å². The first-order valence-corrected chi connectivity index (χ1v) is 8.83. The Morgan fingerprint density at radius 2 is 1.84 bits per heavy atom.